The highest BCUT2D eigenvalue weighted by Gasteiger charge is 2.00. The first kappa shape index (κ1) is 6.03. The minimum absolute atomic E-state index is 0.442. The fourth-order valence-electron chi connectivity index (χ4n) is 1.08. The highest BCUT2D eigenvalue weighted by Crippen LogP contribution is 2.19. The number of aromatic amines is 1. The van der Waals surface area contributed by atoms with E-state index in [4.69, 9.17) is 11.5 Å². The van der Waals surface area contributed by atoms with E-state index < -0.39 is 0 Å². The molecule has 11 heavy (non-hydrogen) atoms. The third kappa shape index (κ3) is 0.797. The Bertz CT molecular complexity index is 390. The maximum Gasteiger partial charge on any atom is 0.141 e. The average Bonchev–Trinajstić information content (AvgIpc) is 2.34. The van der Waals surface area contributed by atoms with Crippen molar-refractivity contribution in [1.29, 1.82) is 0 Å². The van der Waals surface area contributed by atoms with E-state index in [1.54, 1.807) is 12.3 Å². The monoisotopic (exact) mass is 148 g/mol. The molecule has 2 aromatic rings. The maximum absolute atomic E-state index is 5.66. The summed E-state index contributed by atoms with van der Waals surface area (Å²) in [4.78, 5) is 6.97. The summed E-state index contributed by atoms with van der Waals surface area (Å²) in [5, 5.41) is 0.916. The lowest BCUT2D eigenvalue weighted by Gasteiger charge is -1.96. The molecule has 0 unspecified atom stereocenters. The molecule has 4 nitrogen and oxygen atoms in total. The Kier molecular flexibility index (Phi) is 1.03. The van der Waals surface area contributed by atoms with E-state index in [0.29, 0.717) is 11.5 Å². The number of nitrogens with one attached hydrogen (secondary N) is 1. The third-order valence-electron chi connectivity index (χ3n) is 1.58. The average molecular weight is 148 g/mol. The predicted octanol–water partition coefficient (Wildman–Crippen LogP) is 0.727. The number of hydrogen-bond donors (Lipinski definition) is 3. The van der Waals surface area contributed by atoms with E-state index in [1.165, 1.54) is 0 Å². The molecule has 0 aromatic carbocycles. The van der Waals surface area contributed by atoms with Crippen LogP contribution in [0.25, 0.3) is 11.0 Å². The molecule has 2 rings (SSSR count). The van der Waals surface area contributed by atoms with Gasteiger partial charge in [-0.2, -0.15) is 0 Å². The molecule has 2 aromatic heterocycles. The van der Waals surface area contributed by atoms with E-state index in [-0.39, 0.29) is 0 Å². The van der Waals surface area contributed by atoms with E-state index in [9.17, 15) is 0 Å². The number of fused-ring (bicyclic) bond motifs is 1. The number of H-pyrrole nitrogens is 1. The van der Waals surface area contributed by atoms with Crippen molar-refractivity contribution in [1.82, 2.24) is 9.97 Å². The van der Waals surface area contributed by atoms with Crippen molar-refractivity contribution in [3.8, 4) is 0 Å². The van der Waals surface area contributed by atoms with Crippen LogP contribution in [0.4, 0.5) is 11.5 Å². The number of aromatic nitrogens is 2. The van der Waals surface area contributed by atoms with Crippen LogP contribution in [0.2, 0.25) is 0 Å². The summed E-state index contributed by atoms with van der Waals surface area (Å²) in [5.74, 6) is 0.442. The topological polar surface area (TPSA) is 80.7 Å². The van der Waals surface area contributed by atoms with Crippen LogP contribution in [0.1, 0.15) is 0 Å². The zero-order valence-corrected chi connectivity index (χ0v) is 5.83. The third-order valence-corrected chi connectivity index (χ3v) is 1.58. The fraction of sp³-hybridized carbons (Fsp3) is 0. The fourth-order valence-corrected chi connectivity index (χ4v) is 1.08. The van der Waals surface area contributed by atoms with Gasteiger partial charge in [0.05, 0.1) is 0 Å². The summed E-state index contributed by atoms with van der Waals surface area (Å²) < 4.78 is 0. The molecule has 0 saturated carbocycles. The van der Waals surface area contributed by atoms with Crippen molar-refractivity contribution in [2.45, 2.75) is 0 Å². The highest BCUT2D eigenvalue weighted by atomic mass is 14.9. The number of nitrogen functional groups attached to an aromatic ring is 2. The minimum Gasteiger partial charge on any atom is -0.398 e. The second-order valence-corrected chi connectivity index (χ2v) is 2.38. The molecule has 0 aliphatic heterocycles. The molecule has 0 aliphatic rings. The molecule has 5 N–H and O–H groups in total. The van der Waals surface area contributed by atoms with Crippen LogP contribution in [0.15, 0.2) is 18.3 Å². The van der Waals surface area contributed by atoms with Gasteiger partial charge in [-0.05, 0) is 6.07 Å². The molecular formula is C7H8N4. The molecule has 0 radical (unpaired) electrons. The van der Waals surface area contributed by atoms with Gasteiger partial charge in [-0.1, -0.05) is 0 Å². The zero-order valence-electron chi connectivity index (χ0n) is 5.83. The maximum atomic E-state index is 5.66. The Morgan fingerprint density at radius 2 is 2.18 bits per heavy atom. The number of nitrogens with two attached hydrogens (primary N) is 2. The summed E-state index contributed by atoms with van der Waals surface area (Å²) >= 11 is 0. The second-order valence-electron chi connectivity index (χ2n) is 2.38. The summed E-state index contributed by atoms with van der Waals surface area (Å²) in [6.07, 6.45) is 1.79. The normalized spacial score (nSPS) is 10.5. The van der Waals surface area contributed by atoms with Crippen LogP contribution in [0, 0.1) is 0 Å². The predicted molar refractivity (Wildman–Crippen MR) is 44.9 cm³/mol. The van der Waals surface area contributed by atoms with Crippen LogP contribution in [-0.4, -0.2) is 9.97 Å². The van der Waals surface area contributed by atoms with E-state index >= 15 is 0 Å². The van der Waals surface area contributed by atoms with Gasteiger partial charge in [0.25, 0.3) is 0 Å². The van der Waals surface area contributed by atoms with Crippen molar-refractivity contribution >= 4 is 22.5 Å². The number of rotatable bonds is 0. The summed E-state index contributed by atoms with van der Waals surface area (Å²) in [6, 6.07) is 3.52. The first-order chi connectivity index (χ1) is 5.27. The van der Waals surface area contributed by atoms with Crippen molar-refractivity contribution in [2.75, 3.05) is 11.5 Å². The van der Waals surface area contributed by atoms with Crippen molar-refractivity contribution < 1.29 is 0 Å². The summed E-state index contributed by atoms with van der Waals surface area (Å²) in [7, 11) is 0. The second kappa shape index (κ2) is 1.88. The minimum atomic E-state index is 0.442. The standard InChI is InChI=1S/C7H8N4/c8-5-3-6(9)11-7-4(5)1-2-10-7/h1-3H,(H5,8,9,10,11). The van der Waals surface area contributed by atoms with Crippen LogP contribution >= 0.6 is 0 Å². The van der Waals surface area contributed by atoms with E-state index in [2.05, 4.69) is 9.97 Å². The summed E-state index contributed by atoms with van der Waals surface area (Å²) in [5.41, 5.74) is 12.5. The Balaban J connectivity index is 2.91. The Hall–Kier alpha value is -1.71. The Morgan fingerprint density at radius 3 is 3.00 bits per heavy atom. The van der Waals surface area contributed by atoms with Crippen molar-refractivity contribution in [3.63, 3.8) is 0 Å². The van der Waals surface area contributed by atoms with Gasteiger partial charge >= 0.3 is 0 Å². The van der Waals surface area contributed by atoms with Gasteiger partial charge in [-0.3, -0.25) is 0 Å². The van der Waals surface area contributed by atoms with Crippen LogP contribution in [0.3, 0.4) is 0 Å². The van der Waals surface area contributed by atoms with Crippen molar-refractivity contribution in [3.05, 3.63) is 18.3 Å². The quantitative estimate of drug-likeness (QED) is 0.515. The van der Waals surface area contributed by atoms with Gasteiger partial charge in [-0.15, -0.1) is 0 Å². The molecule has 0 bridgehead atoms. The van der Waals surface area contributed by atoms with Crippen molar-refractivity contribution in [2.24, 2.45) is 0 Å². The largest absolute Gasteiger partial charge is 0.398 e. The number of anilines is 2. The lowest BCUT2D eigenvalue weighted by atomic mass is 10.3. The Labute approximate surface area is 63.2 Å². The van der Waals surface area contributed by atoms with Gasteiger partial charge in [0.2, 0.25) is 0 Å². The zero-order chi connectivity index (χ0) is 7.84. The first-order valence-electron chi connectivity index (χ1n) is 3.26. The summed E-state index contributed by atoms with van der Waals surface area (Å²) in [6.45, 7) is 0. The molecule has 0 spiro atoms. The van der Waals surface area contributed by atoms with E-state index in [1.807, 2.05) is 6.07 Å². The molecule has 56 valence electrons. The van der Waals surface area contributed by atoms with Gasteiger partial charge < -0.3 is 16.5 Å². The molecule has 0 atom stereocenters. The number of nitrogens with zero attached hydrogens (tertiary/aromatic N) is 1. The molecule has 0 amide bonds. The SMILES string of the molecule is Nc1cc(N)c2cc[nH]c2n1. The molecule has 0 fully saturated rings. The number of hydrogen-bond acceptors (Lipinski definition) is 3. The van der Waals surface area contributed by atoms with Crippen LogP contribution in [0.5, 0.6) is 0 Å². The smallest absolute Gasteiger partial charge is 0.141 e. The van der Waals surface area contributed by atoms with E-state index in [0.717, 1.165) is 11.0 Å². The molecule has 0 saturated heterocycles. The lowest BCUT2D eigenvalue weighted by molar-refractivity contribution is 1.33. The van der Waals surface area contributed by atoms with Crippen LogP contribution in [-0.2, 0) is 0 Å². The molecular weight excluding hydrogens is 140 g/mol. The molecule has 4 heteroatoms. The van der Waals surface area contributed by atoms with Gasteiger partial charge in [-0.25, -0.2) is 4.98 Å². The number of pyridine rings is 1. The molecule has 0 aliphatic carbocycles. The van der Waals surface area contributed by atoms with Crippen LogP contribution < -0.4 is 11.5 Å². The lowest BCUT2D eigenvalue weighted by Crippen LogP contribution is -1.93. The molecule has 2 heterocycles. The highest BCUT2D eigenvalue weighted by molar-refractivity contribution is 5.89. The van der Waals surface area contributed by atoms with Gasteiger partial charge in [0.1, 0.15) is 11.5 Å². The van der Waals surface area contributed by atoms with Gasteiger partial charge in [0.15, 0.2) is 0 Å². The Morgan fingerprint density at radius 1 is 1.36 bits per heavy atom. The first-order valence-corrected chi connectivity index (χ1v) is 3.26. The van der Waals surface area contributed by atoms with Gasteiger partial charge in [0, 0.05) is 23.3 Å².